The first-order valence-electron chi connectivity index (χ1n) is 9.23. The molecule has 2 aromatic rings. The van der Waals surface area contributed by atoms with Crippen molar-refractivity contribution in [3.8, 4) is 0 Å². The maximum atomic E-state index is 13.1. The zero-order valence-electron chi connectivity index (χ0n) is 15.0. The quantitative estimate of drug-likeness (QED) is 0.811. The summed E-state index contributed by atoms with van der Waals surface area (Å²) in [5, 5.41) is 0. The normalized spacial score (nSPS) is 16.6. The fourth-order valence-corrected chi connectivity index (χ4v) is 3.50. The van der Waals surface area contributed by atoms with E-state index >= 15 is 0 Å². The smallest absolute Gasteiger partial charge is 0.230 e. The Bertz CT molecular complexity index is 651. The molecule has 3 rings (SSSR count). The molecule has 1 atom stereocenters. The molecule has 2 heterocycles. The van der Waals surface area contributed by atoms with Gasteiger partial charge in [0.15, 0.2) is 0 Å². The van der Waals surface area contributed by atoms with Crippen LogP contribution in [0, 0.1) is 0 Å². The van der Waals surface area contributed by atoms with Gasteiger partial charge in [-0.25, -0.2) is 0 Å². The van der Waals surface area contributed by atoms with Crippen LogP contribution in [0.2, 0.25) is 0 Å². The molecule has 25 heavy (non-hydrogen) atoms. The van der Waals surface area contributed by atoms with Crippen molar-refractivity contribution < 1.29 is 4.79 Å². The maximum Gasteiger partial charge on any atom is 0.230 e. The van der Waals surface area contributed by atoms with Crippen LogP contribution in [0.3, 0.4) is 0 Å². The van der Waals surface area contributed by atoms with Crippen molar-refractivity contribution in [2.45, 2.75) is 32.2 Å². The van der Waals surface area contributed by atoms with Gasteiger partial charge in [0.1, 0.15) is 0 Å². The monoisotopic (exact) mass is 337 g/mol. The first-order valence-corrected chi connectivity index (χ1v) is 9.23. The molecule has 1 unspecified atom stereocenters. The predicted octanol–water partition coefficient (Wildman–Crippen LogP) is 3.31. The molecule has 0 bridgehead atoms. The summed E-state index contributed by atoms with van der Waals surface area (Å²) in [5.74, 6) is 0.287. The summed E-state index contributed by atoms with van der Waals surface area (Å²) in [4.78, 5) is 21.6. The van der Waals surface area contributed by atoms with E-state index in [1.165, 1.54) is 5.56 Å². The summed E-state index contributed by atoms with van der Waals surface area (Å²) < 4.78 is 0. The van der Waals surface area contributed by atoms with Gasteiger partial charge in [-0.1, -0.05) is 43.7 Å². The molecule has 4 heteroatoms. The molecule has 0 N–H and O–H groups in total. The van der Waals surface area contributed by atoms with E-state index in [9.17, 15) is 4.79 Å². The van der Waals surface area contributed by atoms with Gasteiger partial charge < -0.3 is 4.90 Å². The molecule has 1 amide bonds. The van der Waals surface area contributed by atoms with Crippen LogP contribution in [-0.2, 0) is 11.3 Å². The van der Waals surface area contributed by atoms with Crippen molar-refractivity contribution in [3.63, 3.8) is 0 Å². The number of carbonyl (C=O) groups is 1. The standard InChI is InChI=1S/C21H27N3O/c1-2-6-20(19-7-4-3-5-8-19)21(25)24-15-13-23(14-16-24)17-18-9-11-22-12-10-18/h3-5,7-12,20H,2,6,13-17H2,1H3. The lowest BCUT2D eigenvalue weighted by Gasteiger charge is -2.36. The summed E-state index contributed by atoms with van der Waals surface area (Å²) in [6.07, 6.45) is 5.61. The van der Waals surface area contributed by atoms with Gasteiger partial charge in [0, 0.05) is 45.1 Å². The summed E-state index contributed by atoms with van der Waals surface area (Å²) >= 11 is 0. The van der Waals surface area contributed by atoms with Crippen LogP contribution < -0.4 is 0 Å². The van der Waals surface area contributed by atoms with Gasteiger partial charge in [-0.15, -0.1) is 0 Å². The summed E-state index contributed by atoms with van der Waals surface area (Å²) in [7, 11) is 0. The number of pyridine rings is 1. The Kier molecular flexibility index (Phi) is 6.18. The Balaban J connectivity index is 1.58. The molecule has 0 spiro atoms. The van der Waals surface area contributed by atoms with Gasteiger partial charge in [-0.2, -0.15) is 0 Å². The summed E-state index contributed by atoms with van der Waals surface area (Å²) in [5.41, 5.74) is 2.43. The minimum absolute atomic E-state index is 0.00190. The van der Waals surface area contributed by atoms with E-state index in [-0.39, 0.29) is 11.8 Å². The second-order valence-electron chi connectivity index (χ2n) is 6.71. The van der Waals surface area contributed by atoms with Crippen LogP contribution in [0.4, 0.5) is 0 Å². The van der Waals surface area contributed by atoms with Crippen molar-refractivity contribution in [1.82, 2.24) is 14.8 Å². The SMILES string of the molecule is CCCC(C(=O)N1CCN(Cc2ccncc2)CC1)c1ccccc1. The fraction of sp³-hybridized carbons (Fsp3) is 0.429. The van der Waals surface area contributed by atoms with Gasteiger partial charge >= 0.3 is 0 Å². The largest absolute Gasteiger partial charge is 0.340 e. The fourth-order valence-electron chi connectivity index (χ4n) is 3.50. The lowest BCUT2D eigenvalue weighted by Crippen LogP contribution is -2.49. The van der Waals surface area contributed by atoms with E-state index < -0.39 is 0 Å². The van der Waals surface area contributed by atoms with Crippen LogP contribution in [0.25, 0.3) is 0 Å². The van der Waals surface area contributed by atoms with Crippen LogP contribution in [0.5, 0.6) is 0 Å². The minimum atomic E-state index is -0.00190. The van der Waals surface area contributed by atoms with Crippen molar-refractivity contribution in [2.24, 2.45) is 0 Å². The lowest BCUT2D eigenvalue weighted by atomic mass is 9.93. The van der Waals surface area contributed by atoms with Crippen molar-refractivity contribution >= 4 is 5.91 Å². The van der Waals surface area contributed by atoms with Gasteiger partial charge in [0.05, 0.1) is 5.92 Å². The minimum Gasteiger partial charge on any atom is -0.340 e. The van der Waals surface area contributed by atoms with E-state index in [1.807, 2.05) is 30.6 Å². The number of carbonyl (C=O) groups excluding carboxylic acids is 1. The van der Waals surface area contributed by atoms with Crippen LogP contribution in [0.15, 0.2) is 54.9 Å². The topological polar surface area (TPSA) is 36.4 Å². The lowest BCUT2D eigenvalue weighted by molar-refractivity contribution is -0.134. The van der Waals surface area contributed by atoms with E-state index in [1.54, 1.807) is 0 Å². The molecule has 1 aromatic heterocycles. The van der Waals surface area contributed by atoms with Crippen LogP contribution in [-0.4, -0.2) is 46.9 Å². The number of benzene rings is 1. The average Bonchev–Trinajstić information content (AvgIpc) is 2.68. The second kappa shape index (κ2) is 8.77. The van der Waals surface area contributed by atoms with E-state index in [2.05, 4.69) is 46.0 Å². The summed E-state index contributed by atoms with van der Waals surface area (Å²) in [6.45, 7) is 6.58. The number of hydrogen-bond acceptors (Lipinski definition) is 3. The molecule has 0 aliphatic carbocycles. The number of rotatable bonds is 6. The van der Waals surface area contributed by atoms with Crippen molar-refractivity contribution in [2.75, 3.05) is 26.2 Å². The van der Waals surface area contributed by atoms with Crippen molar-refractivity contribution in [3.05, 3.63) is 66.0 Å². The Morgan fingerprint density at radius 3 is 2.36 bits per heavy atom. The molecule has 4 nitrogen and oxygen atoms in total. The third kappa shape index (κ3) is 4.67. The van der Waals surface area contributed by atoms with Crippen LogP contribution in [0.1, 0.15) is 36.8 Å². The molecular weight excluding hydrogens is 310 g/mol. The van der Waals surface area contributed by atoms with E-state index in [0.29, 0.717) is 0 Å². The average molecular weight is 337 g/mol. The molecule has 0 saturated carbocycles. The molecule has 1 saturated heterocycles. The maximum absolute atomic E-state index is 13.1. The van der Waals surface area contributed by atoms with E-state index in [4.69, 9.17) is 0 Å². The predicted molar refractivity (Wildman–Crippen MR) is 100 cm³/mol. The van der Waals surface area contributed by atoms with Crippen molar-refractivity contribution in [1.29, 1.82) is 0 Å². The van der Waals surface area contributed by atoms with Crippen LogP contribution >= 0.6 is 0 Å². The highest BCUT2D eigenvalue weighted by molar-refractivity contribution is 5.83. The molecule has 1 aliphatic heterocycles. The third-order valence-corrected chi connectivity index (χ3v) is 4.92. The number of aromatic nitrogens is 1. The number of amides is 1. The Morgan fingerprint density at radius 1 is 1.04 bits per heavy atom. The Labute approximate surface area is 150 Å². The van der Waals surface area contributed by atoms with Gasteiger partial charge in [-0.05, 0) is 29.7 Å². The highest BCUT2D eigenvalue weighted by Gasteiger charge is 2.27. The molecule has 1 aliphatic rings. The van der Waals surface area contributed by atoms with Gasteiger partial charge in [0.2, 0.25) is 5.91 Å². The molecule has 1 fully saturated rings. The van der Waals surface area contributed by atoms with Gasteiger partial charge in [0.25, 0.3) is 0 Å². The molecule has 132 valence electrons. The van der Waals surface area contributed by atoms with E-state index in [0.717, 1.165) is 51.1 Å². The zero-order chi connectivity index (χ0) is 17.5. The Morgan fingerprint density at radius 2 is 1.72 bits per heavy atom. The highest BCUT2D eigenvalue weighted by atomic mass is 16.2. The molecule has 0 radical (unpaired) electrons. The first kappa shape index (κ1) is 17.6. The van der Waals surface area contributed by atoms with Gasteiger partial charge in [-0.3, -0.25) is 14.7 Å². The molecule has 1 aromatic carbocycles. The zero-order valence-corrected chi connectivity index (χ0v) is 15.0. The third-order valence-electron chi connectivity index (χ3n) is 4.92. The second-order valence-corrected chi connectivity index (χ2v) is 6.71. The number of piperazine rings is 1. The highest BCUT2D eigenvalue weighted by Crippen LogP contribution is 2.24. The number of nitrogens with zero attached hydrogens (tertiary/aromatic N) is 3. The molecular formula is C21H27N3O. The Hall–Kier alpha value is -2.20. The summed E-state index contributed by atoms with van der Waals surface area (Å²) in [6, 6.07) is 14.3. The number of hydrogen-bond donors (Lipinski definition) is 0. The first-order chi connectivity index (χ1) is 12.3.